The summed E-state index contributed by atoms with van der Waals surface area (Å²) >= 11 is 6.12. The lowest BCUT2D eigenvalue weighted by atomic mass is 10.1. The molecule has 7 nitrogen and oxygen atoms in total. The Morgan fingerprint density at radius 1 is 1.17 bits per heavy atom. The van der Waals surface area contributed by atoms with Gasteiger partial charge in [0.25, 0.3) is 0 Å². The van der Waals surface area contributed by atoms with Crippen LogP contribution >= 0.6 is 11.6 Å². The summed E-state index contributed by atoms with van der Waals surface area (Å²) in [5.74, 6) is 1.07. The molecular formula is C22H21ClN2O5. The number of carbonyl (C=O) groups is 2. The van der Waals surface area contributed by atoms with E-state index in [1.807, 2.05) is 12.1 Å². The molecule has 0 aliphatic carbocycles. The Balaban J connectivity index is 1.55. The Labute approximate surface area is 178 Å². The first kappa shape index (κ1) is 20.1. The molecule has 0 N–H and O–H groups in total. The minimum atomic E-state index is -0.494. The van der Waals surface area contributed by atoms with E-state index in [0.29, 0.717) is 28.0 Å². The molecule has 2 amide bonds. The van der Waals surface area contributed by atoms with Gasteiger partial charge in [-0.1, -0.05) is 11.6 Å². The molecule has 3 heterocycles. The van der Waals surface area contributed by atoms with Gasteiger partial charge in [-0.3, -0.25) is 9.59 Å². The number of hydrogen-bond acceptors (Lipinski definition) is 5. The summed E-state index contributed by atoms with van der Waals surface area (Å²) in [6, 6.07) is 12.3. The van der Waals surface area contributed by atoms with E-state index in [4.69, 9.17) is 25.2 Å². The van der Waals surface area contributed by atoms with Crippen molar-refractivity contribution in [1.82, 2.24) is 4.90 Å². The van der Waals surface area contributed by atoms with Crippen molar-refractivity contribution in [2.24, 2.45) is 5.92 Å². The van der Waals surface area contributed by atoms with Crippen molar-refractivity contribution in [1.29, 1.82) is 0 Å². The van der Waals surface area contributed by atoms with E-state index in [1.165, 1.54) is 7.11 Å². The summed E-state index contributed by atoms with van der Waals surface area (Å²) < 4.78 is 16.2. The molecule has 1 atom stereocenters. The lowest BCUT2D eigenvalue weighted by molar-refractivity contribution is -0.137. The number of benzene rings is 1. The Kier molecular flexibility index (Phi) is 5.81. The zero-order valence-electron chi connectivity index (χ0n) is 16.4. The van der Waals surface area contributed by atoms with Crippen LogP contribution in [0.15, 0.2) is 63.8 Å². The van der Waals surface area contributed by atoms with Crippen molar-refractivity contribution in [3.8, 4) is 5.75 Å². The summed E-state index contributed by atoms with van der Waals surface area (Å²) in [5, 5.41) is 0.491. The second-order valence-electron chi connectivity index (χ2n) is 7.07. The molecule has 1 aliphatic rings. The second kappa shape index (κ2) is 8.67. The zero-order valence-corrected chi connectivity index (χ0v) is 17.2. The largest absolute Gasteiger partial charge is 0.495 e. The first-order valence-electron chi connectivity index (χ1n) is 9.52. The van der Waals surface area contributed by atoms with Crippen molar-refractivity contribution in [3.05, 3.63) is 71.5 Å². The van der Waals surface area contributed by atoms with Gasteiger partial charge in [0.2, 0.25) is 11.8 Å². The number of ether oxygens (including phenoxy) is 1. The number of furan rings is 2. The molecule has 3 aromatic rings. The van der Waals surface area contributed by atoms with E-state index in [0.717, 1.165) is 0 Å². The normalized spacial score (nSPS) is 16.1. The van der Waals surface area contributed by atoms with Gasteiger partial charge in [-0.2, -0.15) is 0 Å². The van der Waals surface area contributed by atoms with Crippen LogP contribution in [0.5, 0.6) is 5.75 Å². The molecule has 1 saturated heterocycles. The highest BCUT2D eigenvalue weighted by atomic mass is 35.5. The highest BCUT2D eigenvalue weighted by molar-refractivity contribution is 6.31. The van der Waals surface area contributed by atoms with E-state index in [-0.39, 0.29) is 37.9 Å². The lowest BCUT2D eigenvalue weighted by Gasteiger charge is -2.24. The minimum Gasteiger partial charge on any atom is -0.495 e. The van der Waals surface area contributed by atoms with E-state index >= 15 is 0 Å². The predicted molar refractivity (Wildman–Crippen MR) is 110 cm³/mol. The van der Waals surface area contributed by atoms with Gasteiger partial charge in [-0.05, 0) is 42.5 Å². The fourth-order valence-corrected chi connectivity index (χ4v) is 3.80. The van der Waals surface area contributed by atoms with Crippen molar-refractivity contribution in [2.45, 2.75) is 19.5 Å². The molecule has 0 spiro atoms. The van der Waals surface area contributed by atoms with Crippen LogP contribution in [0.3, 0.4) is 0 Å². The summed E-state index contributed by atoms with van der Waals surface area (Å²) in [4.78, 5) is 29.3. The summed E-state index contributed by atoms with van der Waals surface area (Å²) in [6.45, 7) is 0.830. The maximum atomic E-state index is 13.3. The van der Waals surface area contributed by atoms with Crippen molar-refractivity contribution < 1.29 is 23.2 Å². The predicted octanol–water partition coefficient (Wildman–Crippen LogP) is 4.12. The van der Waals surface area contributed by atoms with E-state index in [9.17, 15) is 9.59 Å². The number of halogens is 1. The van der Waals surface area contributed by atoms with Crippen LogP contribution in [-0.4, -0.2) is 30.4 Å². The number of methoxy groups -OCH3 is 1. The quantitative estimate of drug-likeness (QED) is 0.566. The molecule has 156 valence electrons. The van der Waals surface area contributed by atoms with E-state index in [2.05, 4.69) is 0 Å². The summed E-state index contributed by atoms with van der Waals surface area (Å²) in [5.41, 5.74) is 0.564. The smallest absolute Gasteiger partial charge is 0.228 e. The van der Waals surface area contributed by atoms with Gasteiger partial charge in [0.05, 0.1) is 44.3 Å². The third-order valence-corrected chi connectivity index (χ3v) is 5.31. The Morgan fingerprint density at radius 3 is 2.40 bits per heavy atom. The van der Waals surface area contributed by atoms with Gasteiger partial charge in [0.15, 0.2) is 0 Å². The molecule has 30 heavy (non-hydrogen) atoms. The fourth-order valence-electron chi connectivity index (χ4n) is 3.63. The van der Waals surface area contributed by atoms with E-state index in [1.54, 1.807) is 52.7 Å². The van der Waals surface area contributed by atoms with Crippen LogP contribution in [0, 0.1) is 5.92 Å². The zero-order chi connectivity index (χ0) is 21.1. The number of carbonyl (C=O) groups excluding carboxylic acids is 2. The minimum absolute atomic E-state index is 0.112. The third-order valence-electron chi connectivity index (χ3n) is 5.07. The number of amides is 2. The molecular weight excluding hydrogens is 408 g/mol. The molecule has 0 saturated carbocycles. The van der Waals surface area contributed by atoms with E-state index < -0.39 is 5.92 Å². The molecule has 8 heteroatoms. The van der Waals surface area contributed by atoms with Gasteiger partial charge < -0.3 is 23.4 Å². The molecule has 1 unspecified atom stereocenters. The molecule has 1 fully saturated rings. The second-order valence-corrected chi connectivity index (χ2v) is 7.51. The molecule has 1 aromatic carbocycles. The average Bonchev–Trinajstić information content (AvgIpc) is 3.49. The maximum absolute atomic E-state index is 13.3. The van der Waals surface area contributed by atoms with Crippen LogP contribution in [-0.2, 0) is 22.7 Å². The number of anilines is 1. The van der Waals surface area contributed by atoms with Gasteiger partial charge in [0.1, 0.15) is 17.3 Å². The third kappa shape index (κ3) is 4.21. The summed E-state index contributed by atoms with van der Waals surface area (Å²) in [7, 11) is 1.53. The van der Waals surface area contributed by atoms with Crippen LogP contribution in [0.25, 0.3) is 0 Å². The molecule has 1 aliphatic heterocycles. The number of hydrogen-bond donors (Lipinski definition) is 0. The number of nitrogens with zero attached hydrogens (tertiary/aromatic N) is 2. The lowest BCUT2D eigenvalue weighted by Crippen LogP contribution is -2.36. The van der Waals surface area contributed by atoms with Gasteiger partial charge >= 0.3 is 0 Å². The topological polar surface area (TPSA) is 76.1 Å². The maximum Gasteiger partial charge on any atom is 0.228 e. The van der Waals surface area contributed by atoms with Crippen LogP contribution in [0.4, 0.5) is 5.69 Å². The highest BCUT2D eigenvalue weighted by Gasteiger charge is 2.38. The average molecular weight is 429 g/mol. The fraction of sp³-hybridized carbons (Fsp3) is 0.273. The van der Waals surface area contributed by atoms with Crippen molar-refractivity contribution in [2.75, 3.05) is 18.6 Å². The molecule has 2 aromatic heterocycles. The van der Waals surface area contributed by atoms with Gasteiger partial charge in [0, 0.05) is 18.0 Å². The SMILES string of the molecule is COc1ccc(Cl)cc1N1CC(C(=O)N(Cc2ccco2)Cc2ccco2)CC1=O. The van der Waals surface area contributed by atoms with Crippen molar-refractivity contribution in [3.63, 3.8) is 0 Å². The Bertz CT molecular complexity index is 980. The standard InChI is InChI=1S/C22H21ClN2O5/c1-28-20-7-6-16(23)11-19(20)25-12-15(10-21(25)26)22(27)24(13-17-4-2-8-29-17)14-18-5-3-9-30-18/h2-9,11,15H,10,12-14H2,1H3. The van der Waals surface area contributed by atoms with Crippen LogP contribution in [0.1, 0.15) is 17.9 Å². The molecule has 4 rings (SSSR count). The molecule has 0 radical (unpaired) electrons. The monoisotopic (exact) mass is 428 g/mol. The number of rotatable bonds is 7. The first-order valence-corrected chi connectivity index (χ1v) is 9.90. The molecule has 0 bridgehead atoms. The van der Waals surface area contributed by atoms with Crippen molar-refractivity contribution >= 4 is 29.1 Å². The van der Waals surface area contributed by atoms with Gasteiger partial charge in [-0.15, -0.1) is 0 Å². The summed E-state index contributed by atoms with van der Waals surface area (Å²) in [6.07, 6.45) is 3.25. The Hall–Kier alpha value is -3.19. The first-order chi connectivity index (χ1) is 14.5. The van der Waals surface area contributed by atoms with Gasteiger partial charge in [-0.25, -0.2) is 0 Å². The Morgan fingerprint density at radius 2 is 1.83 bits per heavy atom. The highest BCUT2D eigenvalue weighted by Crippen LogP contribution is 2.35. The van der Waals surface area contributed by atoms with Crippen LogP contribution in [0.2, 0.25) is 5.02 Å². The van der Waals surface area contributed by atoms with Crippen LogP contribution < -0.4 is 9.64 Å².